The second kappa shape index (κ2) is 7.33. The predicted molar refractivity (Wildman–Crippen MR) is 88.9 cm³/mol. The molecule has 0 bridgehead atoms. The molecule has 1 atom stereocenters. The summed E-state index contributed by atoms with van der Waals surface area (Å²) in [7, 11) is -3.78. The van der Waals surface area contributed by atoms with Gasteiger partial charge in [0.25, 0.3) is 0 Å². The molecule has 0 fully saturated rings. The summed E-state index contributed by atoms with van der Waals surface area (Å²) >= 11 is 5.86. The Morgan fingerprint density at radius 3 is 2.75 bits per heavy atom. The number of halogens is 1. The average Bonchev–Trinajstić information content (AvgIpc) is 2.83. The maximum absolute atomic E-state index is 12.1. The van der Waals surface area contributed by atoms with E-state index >= 15 is 0 Å². The van der Waals surface area contributed by atoms with Crippen molar-refractivity contribution in [1.29, 1.82) is 0 Å². The van der Waals surface area contributed by atoms with Gasteiger partial charge in [0.1, 0.15) is 0 Å². The van der Waals surface area contributed by atoms with Crippen LogP contribution in [0.4, 0.5) is 0 Å². The maximum Gasteiger partial charge on any atom is 0.238 e. The fourth-order valence-corrected chi connectivity index (χ4v) is 3.07. The van der Waals surface area contributed by atoms with Gasteiger partial charge in [-0.2, -0.15) is 0 Å². The van der Waals surface area contributed by atoms with Crippen LogP contribution in [0.3, 0.4) is 0 Å². The number of hydrogen-bond donors (Lipinski definition) is 2. The average molecular weight is 372 g/mol. The van der Waals surface area contributed by atoms with E-state index in [2.05, 4.69) is 10.5 Å². The van der Waals surface area contributed by atoms with Crippen molar-refractivity contribution in [2.75, 3.05) is 0 Å². The van der Waals surface area contributed by atoms with Crippen LogP contribution >= 0.6 is 11.6 Å². The zero-order chi connectivity index (χ0) is 17.9. The van der Waals surface area contributed by atoms with E-state index in [1.165, 1.54) is 12.1 Å². The topological polar surface area (TPSA) is 115 Å². The third-order valence-corrected chi connectivity index (χ3v) is 4.81. The lowest BCUT2D eigenvalue weighted by Crippen LogP contribution is -2.27. The van der Waals surface area contributed by atoms with E-state index in [0.717, 1.165) is 0 Å². The summed E-state index contributed by atoms with van der Waals surface area (Å²) in [5.41, 5.74) is 2.01. The van der Waals surface area contributed by atoms with Crippen molar-refractivity contribution < 1.29 is 17.7 Å². The first-order valence-electron chi connectivity index (χ1n) is 7.21. The van der Waals surface area contributed by atoms with E-state index < -0.39 is 10.0 Å². The number of aromatic nitrogens is 1. The Kier molecular flexibility index (Phi) is 5.63. The van der Waals surface area contributed by atoms with E-state index in [4.69, 9.17) is 21.3 Å². The highest BCUT2D eigenvalue weighted by molar-refractivity contribution is 7.89. The van der Waals surface area contributed by atoms with Crippen molar-refractivity contribution in [3.05, 3.63) is 46.3 Å². The molecule has 1 aromatic carbocycles. The molecule has 9 heteroatoms. The van der Waals surface area contributed by atoms with Crippen molar-refractivity contribution in [3.8, 4) is 0 Å². The lowest BCUT2D eigenvalue weighted by molar-refractivity contribution is -0.121. The number of amides is 1. The summed E-state index contributed by atoms with van der Waals surface area (Å²) in [6.45, 7) is 3.52. The standard InChI is InChI=1S/C15H18ClN3O4S/c1-9(11-4-3-5-12(8-11)24(17,21)22)18-14(20)7-6-13-10(2)19-23-15(13)16/h3-5,8-9H,6-7H2,1-2H3,(H,18,20)(H2,17,21,22). The molecule has 0 spiro atoms. The molecular formula is C15H18ClN3O4S. The number of aryl methyl sites for hydroxylation is 1. The first kappa shape index (κ1) is 18.4. The third kappa shape index (κ3) is 4.56. The molecule has 1 aromatic heterocycles. The minimum Gasteiger partial charge on any atom is -0.350 e. The van der Waals surface area contributed by atoms with Crippen LogP contribution < -0.4 is 10.5 Å². The summed E-state index contributed by atoms with van der Waals surface area (Å²) in [4.78, 5) is 12.1. The van der Waals surface area contributed by atoms with Crippen LogP contribution in [0.1, 0.15) is 36.2 Å². The first-order chi connectivity index (χ1) is 11.2. The summed E-state index contributed by atoms with van der Waals surface area (Å²) in [5.74, 6) is -0.194. The number of nitrogens with one attached hydrogen (secondary N) is 1. The van der Waals surface area contributed by atoms with Crippen molar-refractivity contribution in [1.82, 2.24) is 10.5 Å². The monoisotopic (exact) mass is 371 g/mol. The smallest absolute Gasteiger partial charge is 0.238 e. The molecule has 1 unspecified atom stereocenters. The van der Waals surface area contributed by atoms with Gasteiger partial charge in [0, 0.05) is 12.0 Å². The van der Waals surface area contributed by atoms with Crippen LogP contribution in [-0.2, 0) is 21.2 Å². The Morgan fingerprint density at radius 2 is 2.17 bits per heavy atom. The van der Waals surface area contributed by atoms with E-state index in [0.29, 0.717) is 23.2 Å². The van der Waals surface area contributed by atoms with Gasteiger partial charge in [-0.3, -0.25) is 4.79 Å². The van der Waals surface area contributed by atoms with Crippen molar-refractivity contribution in [3.63, 3.8) is 0 Å². The molecule has 1 amide bonds. The molecule has 24 heavy (non-hydrogen) atoms. The zero-order valence-electron chi connectivity index (χ0n) is 13.2. The minimum absolute atomic E-state index is 0.00739. The number of sulfonamides is 1. The molecule has 2 rings (SSSR count). The highest BCUT2D eigenvalue weighted by atomic mass is 35.5. The number of hydrogen-bond acceptors (Lipinski definition) is 5. The summed E-state index contributed by atoms with van der Waals surface area (Å²) in [6, 6.07) is 5.79. The van der Waals surface area contributed by atoms with Crippen LogP contribution in [0.15, 0.2) is 33.7 Å². The van der Waals surface area contributed by atoms with Gasteiger partial charge >= 0.3 is 0 Å². The second-order valence-electron chi connectivity index (χ2n) is 5.43. The second-order valence-corrected chi connectivity index (χ2v) is 7.33. The van der Waals surface area contributed by atoms with Crippen molar-refractivity contribution in [2.24, 2.45) is 5.14 Å². The third-order valence-electron chi connectivity index (χ3n) is 3.60. The van der Waals surface area contributed by atoms with Gasteiger partial charge in [0.2, 0.25) is 21.1 Å². The molecule has 0 radical (unpaired) electrons. The molecule has 0 aliphatic carbocycles. The quantitative estimate of drug-likeness (QED) is 0.806. The Morgan fingerprint density at radius 1 is 1.46 bits per heavy atom. The number of nitrogens with zero attached hydrogens (tertiary/aromatic N) is 1. The number of nitrogens with two attached hydrogens (primary N) is 1. The van der Waals surface area contributed by atoms with Gasteiger partial charge in [-0.25, -0.2) is 13.6 Å². The number of rotatable bonds is 6. The van der Waals surface area contributed by atoms with Gasteiger partial charge < -0.3 is 9.84 Å². The number of carbonyl (C=O) groups is 1. The van der Waals surface area contributed by atoms with Gasteiger partial charge in [-0.1, -0.05) is 17.3 Å². The number of carbonyl (C=O) groups excluding carboxylic acids is 1. The molecule has 1 heterocycles. The normalized spacial score (nSPS) is 12.8. The Balaban J connectivity index is 1.99. The van der Waals surface area contributed by atoms with E-state index in [1.54, 1.807) is 26.0 Å². The molecule has 2 aromatic rings. The lowest BCUT2D eigenvalue weighted by atomic mass is 10.1. The SMILES string of the molecule is Cc1noc(Cl)c1CCC(=O)NC(C)c1cccc(S(N)(=O)=O)c1. The van der Waals surface area contributed by atoms with Crippen molar-refractivity contribution >= 4 is 27.5 Å². The van der Waals surface area contributed by atoms with Crippen LogP contribution in [0.5, 0.6) is 0 Å². The summed E-state index contributed by atoms with van der Waals surface area (Å²) < 4.78 is 27.6. The molecule has 130 valence electrons. The van der Waals surface area contributed by atoms with Crippen LogP contribution in [0, 0.1) is 6.92 Å². The molecule has 0 saturated heterocycles. The van der Waals surface area contributed by atoms with E-state index in [1.807, 2.05) is 0 Å². The van der Waals surface area contributed by atoms with Gasteiger partial charge in [-0.15, -0.1) is 0 Å². The maximum atomic E-state index is 12.1. The Labute approximate surface area is 145 Å². The van der Waals surface area contributed by atoms with E-state index in [-0.39, 0.29) is 28.5 Å². The molecule has 3 N–H and O–H groups in total. The fourth-order valence-electron chi connectivity index (χ4n) is 2.24. The fraction of sp³-hybridized carbons (Fsp3) is 0.333. The van der Waals surface area contributed by atoms with Crippen molar-refractivity contribution in [2.45, 2.75) is 37.6 Å². The van der Waals surface area contributed by atoms with Crippen LogP contribution in [-0.4, -0.2) is 19.5 Å². The predicted octanol–water partition coefficient (Wildman–Crippen LogP) is 2.09. The highest BCUT2D eigenvalue weighted by Crippen LogP contribution is 2.21. The summed E-state index contributed by atoms with van der Waals surface area (Å²) in [6.07, 6.45) is 0.616. The number of primary sulfonamides is 1. The molecule has 0 saturated carbocycles. The number of benzene rings is 1. The van der Waals surface area contributed by atoms with Gasteiger partial charge in [0.05, 0.1) is 16.6 Å². The first-order valence-corrected chi connectivity index (χ1v) is 9.13. The van der Waals surface area contributed by atoms with E-state index in [9.17, 15) is 13.2 Å². The molecule has 7 nitrogen and oxygen atoms in total. The molecule has 0 aliphatic rings. The lowest BCUT2D eigenvalue weighted by Gasteiger charge is -2.15. The van der Waals surface area contributed by atoms with Crippen LogP contribution in [0.25, 0.3) is 0 Å². The molecular weight excluding hydrogens is 354 g/mol. The van der Waals surface area contributed by atoms with Gasteiger partial charge in [-0.05, 0) is 49.6 Å². The minimum atomic E-state index is -3.78. The largest absolute Gasteiger partial charge is 0.350 e. The zero-order valence-corrected chi connectivity index (χ0v) is 14.8. The van der Waals surface area contributed by atoms with Crippen LogP contribution in [0.2, 0.25) is 5.22 Å². The highest BCUT2D eigenvalue weighted by Gasteiger charge is 2.16. The molecule has 0 aliphatic heterocycles. The summed E-state index contributed by atoms with van der Waals surface area (Å²) in [5, 5.41) is 11.8. The van der Waals surface area contributed by atoms with Gasteiger partial charge in [0.15, 0.2) is 0 Å². The Hall–Kier alpha value is -1.90. The Bertz CT molecular complexity index is 829.